The first-order chi connectivity index (χ1) is 35.9. The molecule has 2 fully saturated rings. The van der Waals surface area contributed by atoms with Crippen molar-refractivity contribution in [3.05, 3.63) is 35.9 Å². The van der Waals surface area contributed by atoms with Crippen LogP contribution >= 0.6 is 11.8 Å². The maximum atomic E-state index is 14.4. The zero-order valence-electron chi connectivity index (χ0n) is 45.5. The SMILES string of the molecule is CCCC[C@@H]1NC(=O)[C@H](CCCCN)NC(O)[C@H](CC(C)C)NC(=O)[C@H](CC(C)C)NC(=O)[C@H](C)NC(=O)CSC[C@@H](C(N)=O)NC(=O)[C@H](Cc2ccccc2)NC(=O)[C@H](C)NC(=O)[C@H](C)NC(=O)[C@@H]2CCCN2C1=O. The molecule has 1 aromatic carbocycles. The zero-order valence-corrected chi connectivity index (χ0v) is 46.4. The molecule has 2 aliphatic rings. The van der Waals surface area contributed by atoms with Gasteiger partial charge in [-0.25, -0.2) is 0 Å². The number of thioether (sulfide) groups is 1. The lowest BCUT2D eigenvalue weighted by molar-refractivity contribution is -0.142. The van der Waals surface area contributed by atoms with Crippen molar-refractivity contribution in [1.29, 1.82) is 0 Å². The molecule has 3 rings (SSSR count). The van der Waals surface area contributed by atoms with Crippen LogP contribution in [0.4, 0.5) is 0 Å². The first kappa shape index (κ1) is 64.4. The summed E-state index contributed by atoms with van der Waals surface area (Å²) in [5.74, 6) is -7.43. The van der Waals surface area contributed by atoms with Gasteiger partial charge in [-0.3, -0.25) is 53.3 Å². The van der Waals surface area contributed by atoms with Crippen molar-refractivity contribution < 1.29 is 53.1 Å². The van der Waals surface area contributed by atoms with Gasteiger partial charge in [-0.15, -0.1) is 11.8 Å². The van der Waals surface area contributed by atoms with Crippen molar-refractivity contribution in [2.45, 2.75) is 193 Å². The summed E-state index contributed by atoms with van der Waals surface area (Å²) in [6.07, 6.45) is 2.35. The largest absolute Gasteiger partial charge is 0.376 e. The fourth-order valence-electron chi connectivity index (χ4n) is 8.82. The van der Waals surface area contributed by atoms with E-state index in [2.05, 4.69) is 47.9 Å². The van der Waals surface area contributed by atoms with Gasteiger partial charge in [0.25, 0.3) is 0 Å². The molecule has 1 aromatic rings. The minimum atomic E-state index is -1.49. The third-order valence-electron chi connectivity index (χ3n) is 13.1. The number of amides is 10. The number of aliphatic hydroxyl groups is 1. The van der Waals surface area contributed by atoms with E-state index >= 15 is 0 Å². The Morgan fingerprint density at radius 1 is 0.671 bits per heavy atom. The smallest absolute Gasteiger partial charge is 0.245 e. The van der Waals surface area contributed by atoms with Crippen molar-refractivity contribution in [1.82, 2.24) is 52.8 Å². The molecular formula is C52H86N12O11S. The zero-order chi connectivity index (χ0) is 56.6. The lowest BCUT2D eigenvalue weighted by atomic mass is 9.98. The second kappa shape index (κ2) is 32.7. The normalized spacial score (nSPS) is 28.2. The van der Waals surface area contributed by atoms with Crippen LogP contribution in [-0.4, -0.2) is 160 Å². The standard InChI is InChI=1S/C52H86N12O11S/c1-9-10-19-36-52(75)64-23-16-21-41(64)51(74)57-32(7)44(67)56-33(8)46(69)61-39(26-34-17-12-11-13-18-34)50(73)63-40(43(54)66)27-76-28-42(65)55-31(6)45(68)60-37(24-29(2)3)49(72)62-38(25-30(4)5)48(71)58-35(47(70)59-36)20-14-15-22-53/h11-13,17-18,29-33,35-41,48,58,71H,9-10,14-16,19-28,53H2,1-8H3,(H2,54,66)(H,55,65)(H,56,67)(H,57,74)(H,59,70)(H,60,68)(H,61,69)(H,62,72)(H,63,73)/t31-,32-,33-,35-,36-,37-,38-,39-,40-,41-,48?/m0/s1. The third kappa shape index (κ3) is 21.6. The van der Waals surface area contributed by atoms with Gasteiger partial charge in [-0.1, -0.05) is 84.2 Å². The second-order valence-corrected chi connectivity index (χ2v) is 21.8. The molecule has 23 nitrogen and oxygen atoms in total. The maximum absolute atomic E-state index is 14.4. The summed E-state index contributed by atoms with van der Waals surface area (Å²) in [4.78, 5) is 139. The van der Waals surface area contributed by atoms with Crippen molar-refractivity contribution >= 4 is 70.8 Å². The molecule has 1 unspecified atom stereocenters. The third-order valence-corrected chi connectivity index (χ3v) is 14.1. The molecule has 11 atom stereocenters. The minimum Gasteiger partial charge on any atom is -0.376 e. The lowest BCUT2D eigenvalue weighted by Crippen LogP contribution is -2.61. The highest BCUT2D eigenvalue weighted by Gasteiger charge is 2.40. The van der Waals surface area contributed by atoms with E-state index < -0.39 is 126 Å². The van der Waals surface area contributed by atoms with Crippen LogP contribution in [0.25, 0.3) is 0 Å². The summed E-state index contributed by atoms with van der Waals surface area (Å²) < 4.78 is 0. The number of fused-ring (bicyclic) bond motifs is 1. The molecule has 0 aromatic heterocycles. The van der Waals surface area contributed by atoms with Crippen molar-refractivity contribution in [2.75, 3.05) is 24.6 Å². The number of benzene rings is 1. The van der Waals surface area contributed by atoms with Gasteiger partial charge >= 0.3 is 0 Å². The van der Waals surface area contributed by atoms with E-state index in [0.717, 1.165) is 11.8 Å². The number of unbranched alkanes of at least 4 members (excludes halogenated alkanes) is 2. The number of carbonyl (C=O) groups excluding carboxylic acids is 10. The van der Waals surface area contributed by atoms with Crippen LogP contribution in [0.5, 0.6) is 0 Å². The number of rotatable bonds is 14. The second-order valence-electron chi connectivity index (χ2n) is 20.8. The number of primary amides is 1. The Kier molecular flexibility index (Phi) is 27.7. The van der Waals surface area contributed by atoms with Gasteiger partial charge in [0.15, 0.2) is 0 Å². The molecule has 2 aliphatic heterocycles. The summed E-state index contributed by atoms with van der Waals surface area (Å²) in [6, 6.07) is -2.63. The highest BCUT2D eigenvalue weighted by atomic mass is 32.2. The van der Waals surface area contributed by atoms with Crippen LogP contribution in [0.3, 0.4) is 0 Å². The Hall–Kier alpha value is -5.85. The molecule has 0 bridgehead atoms. The Labute approximate surface area is 451 Å². The molecular weight excluding hydrogens is 1000 g/mol. The van der Waals surface area contributed by atoms with Crippen molar-refractivity contribution in [2.24, 2.45) is 23.3 Å². The summed E-state index contributed by atoms with van der Waals surface area (Å²) in [5, 5.41) is 36.3. The average molecular weight is 1090 g/mol. The molecule has 14 N–H and O–H groups in total. The molecule has 76 heavy (non-hydrogen) atoms. The number of hydrogen-bond donors (Lipinski definition) is 12. The Balaban J connectivity index is 2.03. The highest BCUT2D eigenvalue weighted by Crippen LogP contribution is 2.21. The highest BCUT2D eigenvalue weighted by molar-refractivity contribution is 8.00. The van der Waals surface area contributed by atoms with Gasteiger partial charge in [0, 0.05) is 18.7 Å². The van der Waals surface area contributed by atoms with Crippen LogP contribution in [0.15, 0.2) is 30.3 Å². The van der Waals surface area contributed by atoms with Crippen LogP contribution < -0.4 is 59.3 Å². The maximum Gasteiger partial charge on any atom is 0.245 e. The molecule has 0 spiro atoms. The van der Waals surface area contributed by atoms with E-state index in [1.807, 2.05) is 34.6 Å². The summed E-state index contributed by atoms with van der Waals surface area (Å²) in [7, 11) is 0. The fraction of sp³-hybridized carbons (Fsp3) is 0.692. The molecule has 0 aliphatic carbocycles. The quantitative estimate of drug-likeness (QED) is 0.100. The fourth-order valence-corrected chi connectivity index (χ4v) is 9.69. The molecule has 426 valence electrons. The molecule has 0 radical (unpaired) electrons. The van der Waals surface area contributed by atoms with E-state index in [9.17, 15) is 53.1 Å². The van der Waals surface area contributed by atoms with Gasteiger partial charge in [0.2, 0.25) is 59.1 Å². The van der Waals surface area contributed by atoms with E-state index in [-0.39, 0.29) is 68.4 Å². The van der Waals surface area contributed by atoms with Crippen LogP contribution in [0.2, 0.25) is 0 Å². The average Bonchev–Trinajstić information content (AvgIpc) is 3.86. The van der Waals surface area contributed by atoms with Gasteiger partial charge in [-0.2, -0.15) is 0 Å². The van der Waals surface area contributed by atoms with Crippen LogP contribution in [0, 0.1) is 11.8 Å². The number of hydrogen-bond acceptors (Lipinski definition) is 14. The Morgan fingerprint density at radius 2 is 1.22 bits per heavy atom. The van der Waals surface area contributed by atoms with Gasteiger partial charge in [0.1, 0.15) is 54.6 Å². The number of nitrogens with two attached hydrogens (primary N) is 2. The minimum absolute atomic E-state index is 0.0292. The monoisotopic (exact) mass is 1090 g/mol. The Bertz CT molecular complexity index is 2120. The van der Waals surface area contributed by atoms with Crippen molar-refractivity contribution in [3.63, 3.8) is 0 Å². The van der Waals surface area contributed by atoms with E-state index in [1.54, 1.807) is 30.3 Å². The molecule has 2 heterocycles. The first-order valence-corrected chi connectivity index (χ1v) is 27.9. The van der Waals surface area contributed by atoms with E-state index in [1.165, 1.54) is 25.7 Å². The Morgan fingerprint density at radius 3 is 1.83 bits per heavy atom. The number of aliphatic hydroxyl groups excluding tert-OH is 1. The topological polar surface area (TPSA) is 354 Å². The number of nitrogens with zero attached hydrogens (tertiary/aromatic N) is 1. The van der Waals surface area contributed by atoms with E-state index in [4.69, 9.17) is 11.5 Å². The van der Waals surface area contributed by atoms with Gasteiger partial charge < -0.3 is 64.0 Å². The van der Waals surface area contributed by atoms with Crippen LogP contribution in [0.1, 0.15) is 125 Å². The van der Waals surface area contributed by atoms with Crippen molar-refractivity contribution in [3.8, 4) is 0 Å². The number of nitrogens with one attached hydrogen (secondary N) is 9. The summed E-state index contributed by atoms with van der Waals surface area (Å²) >= 11 is 0.942. The summed E-state index contributed by atoms with van der Waals surface area (Å²) in [6.45, 7) is 14.2. The molecule has 24 heteroatoms. The lowest BCUT2D eigenvalue weighted by Gasteiger charge is -2.33. The molecule has 0 saturated carbocycles. The molecule has 10 amide bonds. The van der Waals surface area contributed by atoms with Crippen LogP contribution in [-0.2, 0) is 54.4 Å². The molecule has 2 saturated heterocycles. The van der Waals surface area contributed by atoms with E-state index in [0.29, 0.717) is 44.2 Å². The predicted octanol–water partition coefficient (Wildman–Crippen LogP) is -0.922. The van der Waals surface area contributed by atoms with Gasteiger partial charge in [-0.05, 0) is 89.7 Å². The summed E-state index contributed by atoms with van der Waals surface area (Å²) in [5.41, 5.74) is 12.2. The van der Waals surface area contributed by atoms with Gasteiger partial charge in [0.05, 0.1) is 17.8 Å². The predicted molar refractivity (Wildman–Crippen MR) is 288 cm³/mol. The number of carbonyl (C=O) groups is 10. The first-order valence-electron chi connectivity index (χ1n) is 26.7.